The van der Waals surface area contributed by atoms with E-state index in [1.165, 1.54) is 5.56 Å². The largest absolute Gasteiger partial charge is 0.506 e. The molecule has 0 spiro atoms. The number of amides is 1. The van der Waals surface area contributed by atoms with Crippen LogP contribution in [0.2, 0.25) is 5.02 Å². The molecule has 0 aromatic heterocycles. The Kier molecular flexibility index (Phi) is 6.32. The molecule has 2 N–H and O–H groups in total. The summed E-state index contributed by atoms with van der Waals surface area (Å²) < 4.78 is 0. The number of hydrogen-bond donors (Lipinski definition) is 2. The van der Waals surface area contributed by atoms with Gasteiger partial charge in [-0.25, -0.2) is 0 Å². The first-order valence-electron chi connectivity index (χ1n) is 10.7. The first-order chi connectivity index (χ1) is 14.4. The number of benzene rings is 2. The number of piperidine rings is 1. The summed E-state index contributed by atoms with van der Waals surface area (Å²) in [6.07, 6.45) is 3.45. The molecule has 2 aliphatic rings. The van der Waals surface area contributed by atoms with Crippen molar-refractivity contribution in [2.45, 2.75) is 51.3 Å². The normalized spacial score (nSPS) is 20.6. The number of aromatic hydroxyl groups is 1. The SMILES string of the molecule is Cc1cc(O)c(Cl)cc1C(=O)N1CCCC1c1ccc(CN2CCC(O)CC2)cc1. The summed E-state index contributed by atoms with van der Waals surface area (Å²) >= 11 is 6.06. The predicted molar refractivity (Wildman–Crippen MR) is 118 cm³/mol. The molecule has 0 aliphatic carbocycles. The molecule has 1 atom stereocenters. The Morgan fingerprint density at radius 3 is 2.50 bits per heavy atom. The van der Waals surface area contributed by atoms with Crippen LogP contribution in [0.3, 0.4) is 0 Å². The molecule has 2 aromatic rings. The highest BCUT2D eigenvalue weighted by Crippen LogP contribution is 2.35. The molecule has 30 heavy (non-hydrogen) atoms. The van der Waals surface area contributed by atoms with E-state index in [4.69, 9.17) is 11.6 Å². The summed E-state index contributed by atoms with van der Waals surface area (Å²) in [4.78, 5) is 17.5. The number of hydrogen-bond acceptors (Lipinski definition) is 4. The molecule has 0 bridgehead atoms. The molecule has 5 nitrogen and oxygen atoms in total. The van der Waals surface area contributed by atoms with Gasteiger partial charge in [0.25, 0.3) is 5.91 Å². The van der Waals surface area contributed by atoms with Gasteiger partial charge < -0.3 is 15.1 Å². The Morgan fingerprint density at radius 2 is 1.80 bits per heavy atom. The van der Waals surface area contributed by atoms with Crippen molar-refractivity contribution in [1.82, 2.24) is 9.80 Å². The van der Waals surface area contributed by atoms with Gasteiger partial charge in [0.1, 0.15) is 5.75 Å². The predicted octanol–water partition coefficient (Wildman–Crippen LogP) is 4.29. The molecular weight excluding hydrogens is 400 g/mol. The van der Waals surface area contributed by atoms with Gasteiger partial charge in [-0.1, -0.05) is 35.9 Å². The van der Waals surface area contributed by atoms with Gasteiger partial charge in [0, 0.05) is 31.7 Å². The number of aryl methyl sites for hydroxylation is 1. The maximum Gasteiger partial charge on any atom is 0.254 e. The van der Waals surface area contributed by atoms with Crippen LogP contribution in [0.15, 0.2) is 36.4 Å². The fourth-order valence-corrected chi connectivity index (χ4v) is 4.75. The number of halogens is 1. The Balaban J connectivity index is 1.47. The summed E-state index contributed by atoms with van der Waals surface area (Å²) in [7, 11) is 0. The smallest absolute Gasteiger partial charge is 0.254 e. The highest BCUT2D eigenvalue weighted by Gasteiger charge is 2.31. The fraction of sp³-hybridized carbons (Fsp3) is 0.458. The van der Waals surface area contributed by atoms with Crippen LogP contribution in [0, 0.1) is 6.92 Å². The first kappa shape index (κ1) is 21.2. The Bertz CT molecular complexity index is 907. The van der Waals surface area contributed by atoms with Crippen molar-refractivity contribution in [3.05, 3.63) is 63.7 Å². The van der Waals surface area contributed by atoms with Crippen LogP contribution in [-0.4, -0.2) is 51.7 Å². The summed E-state index contributed by atoms with van der Waals surface area (Å²) in [6, 6.07) is 11.8. The van der Waals surface area contributed by atoms with E-state index in [1.807, 2.05) is 11.8 Å². The highest BCUT2D eigenvalue weighted by atomic mass is 35.5. The molecule has 2 aliphatic heterocycles. The molecule has 1 amide bonds. The molecule has 2 aromatic carbocycles. The third-order valence-corrected chi connectivity index (χ3v) is 6.67. The third kappa shape index (κ3) is 4.48. The quantitative estimate of drug-likeness (QED) is 0.762. The summed E-state index contributed by atoms with van der Waals surface area (Å²) in [5, 5.41) is 19.7. The minimum atomic E-state index is -0.151. The van der Waals surface area contributed by atoms with Crippen molar-refractivity contribution < 1.29 is 15.0 Å². The van der Waals surface area contributed by atoms with Crippen molar-refractivity contribution in [2.24, 2.45) is 0 Å². The molecule has 6 heteroatoms. The molecule has 2 saturated heterocycles. The average Bonchev–Trinajstić information content (AvgIpc) is 3.22. The van der Waals surface area contributed by atoms with Gasteiger partial charge in [0.15, 0.2) is 0 Å². The second kappa shape index (κ2) is 8.96. The van der Waals surface area contributed by atoms with Crippen LogP contribution < -0.4 is 0 Å². The topological polar surface area (TPSA) is 64.0 Å². The molecule has 2 fully saturated rings. The number of nitrogens with zero attached hydrogens (tertiary/aromatic N) is 2. The molecular formula is C24H29ClN2O3. The zero-order chi connectivity index (χ0) is 21.3. The molecule has 0 radical (unpaired) electrons. The maximum atomic E-state index is 13.2. The highest BCUT2D eigenvalue weighted by molar-refractivity contribution is 6.32. The summed E-state index contributed by atoms with van der Waals surface area (Å²) in [6.45, 7) is 5.30. The standard InChI is InChI=1S/C24H29ClN2O3/c1-16-13-23(29)21(25)14-20(16)24(30)27-10-2-3-22(27)18-6-4-17(5-7-18)15-26-11-8-19(28)9-12-26/h4-7,13-14,19,22,28-29H,2-3,8-12,15H2,1H3. The van der Waals surface area contributed by atoms with Crippen LogP contribution in [0.25, 0.3) is 0 Å². The van der Waals surface area contributed by atoms with E-state index in [2.05, 4.69) is 29.2 Å². The number of phenols is 1. The van der Waals surface area contributed by atoms with Crippen LogP contribution in [0.5, 0.6) is 5.75 Å². The Morgan fingerprint density at radius 1 is 1.10 bits per heavy atom. The Hall–Kier alpha value is -2.08. The lowest BCUT2D eigenvalue weighted by molar-refractivity contribution is 0.0734. The minimum absolute atomic E-state index is 0.00231. The number of aliphatic hydroxyl groups is 1. The van der Waals surface area contributed by atoms with Crippen molar-refractivity contribution in [3.8, 4) is 5.75 Å². The lowest BCUT2D eigenvalue weighted by atomic mass is 10.0. The Labute approximate surface area is 182 Å². The van der Waals surface area contributed by atoms with E-state index < -0.39 is 0 Å². The van der Waals surface area contributed by atoms with E-state index in [0.29, 0.717) is 5.56 Å². The zero-order valence-corrected chi connectivity index (χ0v) is 18.1. The number of carbonyl (C=O) groups excluding carboxylic acids is 1. The van der Waals surface area contributed by atoms with Crippen molar-refractivity contribution in [3.63, 3.8) is 0 Å². The van der Waals surface area contributed by atoms with Crippen molar-refractivity contribution in [1.29, 1.82) is 0 Å². The molecule has 0 saturated carbocycles. The number of phenolic OH excluding ortho intramolecular Hbond substituents is 1. The van der Waals surface area contributed by atoms with E-state index in [1.54, 1.807) is 12.1 Å². The van der Waals surface area contributed by atoms with Gasteiger partial charge >= 0.3 is 0 Å². The van der Waals surface area contributed by atoms with Crippen LogP contribution in [0.1, 0.15) is 58.8 Å². The monoisotopic (exact) mass is 428 g/mol. The van der Waals surface area contributed by atoms with Gasteiger partial charge in [0.05, 0.1) is 17.2 Å². The van der Waals surface area contributed by atoms with Gasteiger partial charge in [-0.2, -0.15) is 0 Å². The molecule has 160 valence electrons. The van der Waals surface area contributed by atoms with E-state index in [9.17, 15) is 15.0 Å². The second-order valence-corrected chi connectivity index (χ2v) is 8.93. The number of aliphatic hydroxyl groups excluding tert-OH is 1. The molecule has 4 rings (SSSR count). The first-order valence-corrected chi connectivity index (χ1v) is 11.1. The van der Waals surface area contributed by atoms with Gasteiger partial charge in [0.2, 0.25) is 0 Å². The van der Waals surface area contributed by atoms with Gasteiger partial charge in [-0.15, -0.1) is 0 Å². The van der Waals surface area contributed by atoms with Gasteiger partial charge in [-0.05, 0) is 61.4 Å². The van der Waals surface area contributed by atoms with Crippen LogP contribution >= 0.6 is 11.6 Å². The van der Waals surface area contributed by atoms with Crippen LogP contribution in [-0.2, 0) is 6.54 Å². The number of likely N-dealkylation sites (tertiary alicyclic amines) is 2. The number of carbonyl (C=O) groups is 1. The van der Waals surface area contributed by atoms with E-state index >= 15 is 0 Å². The fourth-order valence-electron chi connectivity index (χ4n) is 4.59. The second-order valence-electron chi connectivity index (χ2n) is 8.52. The van der Waals surface area contributed by atoms with Gasteiger partial charge in [-0.3, -0.25) is 9.69 Å². The average molecular weight is 429 g/mol. The van der Waals surface area contributed by atoms with E-state index in [-0.39, 0.29) is 28.8 Å². The number of rotatable bonds is 4. The van der Waals surface area contributed by atoms with E-state index in [0.717, 1.165) is 63.0 Å². The molecule has 1 unspecified atom stereocenters. The maximum absolute atomic E-state index is 13.2. The lowest BCUT2D eigenvalue weighted by Crippen LogP contribution is -2.35. The summed E-state index contributed by atoms with van der Waals surface area (Å²) in [5.41, 5.74) is 3.69. The van der Waals surface area contributed by atoms with Crippen molar-refractivity contribution >= 4 is 17.5 Å². The van der Waals surface area contributed by atoms with Crippen molar-refractivity contribution in [2.75, 3.05) is 19.6 Å². The summed E-state index contributed by atoms with van der Waals surface area (Å²) in [5.74, 6) is -0.0321. The minimum Gasteiger partial charge on any atom is -0.506 e. The lowest BCUT2D eigenvalue weighted by Gasteiger charge is -2.29. The third-order valence-electron chi connectivity index (χ3n) is 6.37. The molecule has 2 heterocycles. The van der Waals surface area contributed by atoms with Crippen LogP contribution in [0.4, 0.5) is 0 Å². The zero-order valence-electron chi connectivity index (χ0n) is 17.4.